The maximum absolute atomic E-state index is 13.5. The maximum Gasteiger partial charge on any atom is 0.315 e. The predicted octanol–water partition coefficient (Wildman–Crippen LogP) is 2.04. The van der Waals surface area contributed by atoms with Gasteiger partial charge in [-0.1, -0.05) is 26.3 Å². The molecule has 2 atom stereocenters. The maximum atomic E-state index is 13.5. The third kappa shape index (κ3) is 5.59. The van der Waals surface area contributed by atoms with Crippen LogP contribution >= 0.6 is 0 Å². The van der Waals surface area contributed by atoms with E-state index in [1.54, 1.807) is 6.07 Å². The molecule has 0 spiro atoms. The van der Waals surface area contributed by atoms with Crippen LogP contribution in [0, 0.1) is 11.7 Å². The van der Waals surface area contributed by atoms with Crippen LogP contribution in [0.2, 0.25) is 0 Å². The smallest absolute Gasteiger partial charge is 0.315 e. The van der Waals surface area contributed by atoms with Gasteiger partial charge in [-0.05, 0) is 23.6 Å². The standard InChI is InChI=1S/C15H23FN2O3/c1-4-10(2)13(19)9-18-15(20)17-8-11-5-6-14(21-3)12(16)7-11/h5-7,10,13,19H,4,8-9H2,1-3H3,(H2,17,18,20). The molecule has 0 bridgehead atoms. The molecule has 0 saturated carbocycles. The number of hydrogen-bond donors (Lipinski definition) is 3. The summed E-state index contributed by atoms with van der Waals surface area (Å²) in [4.78, 5) is 11.6. The van der Waals surface area contributed by atoms with E-state index in [1.807, 2.05) is 13.8 Å². The van der Waals surface area contributed by atoms with Gasteiger partial charge in [0.05, 0.1) is 13.2 Å². The van der Waals surface area contributed by atoms with Crippen molar-refractivity contribution in [2.45, 2.75) is 32.9 Å². The molecule has 3 N–H and O–H groups in total. The molecule has 0 aromatic heterocycles. The predicted molar refractivity (Wildman–Crippen MR) is 78.7 cm³/mol. The van der Waals surface area contributed by atoms with Gasteiger partial charge in [0.15, 0.2) is 11.6 Å². The van der Waals surface area contributed by atoms with E-state index in [4.69, 9.17) is 4.74 Å². The molecule has 1 aromatic rings. The first kappa shape index (κ1) is 17.2. The summed E-state index contributed by atoms with van der Waals surface area (Å²) in [5.74, 6) is -0.176. The summed E-state index contributed by atoms with van der Waals surface area (Å²) in [6, 6.07) is 4.11. The molecule has 6 heteroatoms. The molecule has 21 heavy (non-hydrogen) atoms. The van der Waals surface area contributed by atoms with Gasteiger partial charge in [-0.15, -0.1) is 0 Å². The molecule has 2 amide bonds. The number of urea groups is 1. The molecule has 118 valence electrons. The minimum absolute atomic E-state index is 0.126. The Hall–Kier alpha value is -1.82. The highest BCUT2D eigenvalue weighted by molar-refractivity contribution is 5.73. The molecule has 0 heterocycles. The van der Waals surface area contributed by atoms with E-state index in [0.717, 1.165) is 6.42 Å². The molecule has 0 saturated heterocycles. The van der Waals surface area contributed by atoms with E-state index >= 15 is 0 Å². The number of carbonyl (C=O) groups excluding carboxylic acids is 1. The van der Waals surface area contributed by atoms with E-state index in [1.165, 1.54) is 19.2 Å². The van der Waals surface area contributed by atoms with Gasteiger partial charge < -0.3 is 20.5 Å². The van der Waals surface area contributed by atoms with Crippen molar-refractivity contribution >= 4 is 6.03 Å². The molecule has 2 unspecified atom stereocenters. The lowest BCUT2D eigenvalue weighted by atomic mass is 10.0. The van der Waals surface area contributed by atoms with Crippen LogP contribution in [0.25, 0.3) is 0 Å². The molecule has 0 aliphatic rings. The number of ether oxygens (including phenoxy) is 1. The summed E-state index contributed by atoms with van der Waals surface area (Å²) in [6.45, 7) is 4.29. The number of nitrogens with one attached hydrogen (secondary N) is 2. The van der Waals surface area contributed by atoms with E-state index in [-0.39, 0.29) is 24.8 Å². The fourth-order valence-electron chi connectivity index (χ4n) is 1.74. The zero-order valence-electron chi connectivity index (χ0n) is 12.6. The molecule has 5 nitrogen and oxygen atoms in total. The molecular formula is C15H23FN2O3. The van der Waals surface area contributed by atoms with Crippen molar-refractivity contribution in [2.24, 2.45) is 5.92 Å². The Morgan fingerprint density at radius 1 is 1.43 bits per heavy atom. The van der Waals surface area contributed by atoms with Crippen molar-refractivity contribution in [1.82, 2.24) is 10.6 Å². The van der Waals surface area contributed by atoms with Gasteiger partial charge in [-0.2, -0.15) is 0 Å². The lowest BCUT2D eigenvalue weighted by Gasteiger charge is -2.17. The van der Waals surface area contributed by atoms with Crippen molar-refractivity contribution in [3.8, 4) is 5.75 Å². The molecule has 0 fully saturated rings. The van der Waals surface area contributed by atoms with Crippen molar-refractivity contribution in [1.29, 1.82) is 0 Å². The highest BCUT2D eigenvalue weighted by Gasteiger charge is 2.13. The quantitative estimate of drug-likeness (QED) is 0.721. The van der Waals surface area contributed by atoms with Crippen molar-refractivity contribution in [2.75, 3.05) is 13.7 Å². The number of aliphatic hydroxyl groups is 1. The Morgan fingerprint density at radius 2 is 2.14 bits per heavy atom. The lowest BCUT2D eigenvalue weighted by molar-refractivity contribution is 0.114. The number of amides is 2. The van der Waals surface area contributed by atoms with E-state index in [0.29, 0.717) is 5.56 Å². The molecular weight excluding hydrogens is 275 g/mol. The Kier molecular flexibility index (Phi) is 6.94. The second kappa shape index (κ2) is 8.46. The first-order valence-corrected chi connectivity index (χ1v) is 7.00. The lowest BCUT2D eigenvalue weighted by Crippen LogP contribution is -2.41. The topological polar surface area (TPSA) is 70.6 Å². The first-order chi connectivity index (χ1) is 9.97. The average Bonchev–Trinajstić information content (AvgIpc) is 2.49. The molecule has 0 radical (unpaired) electrons. The number of methoxy groups -OCH3 is 1. The van der Waals surface area contributed by atoms with Crippen LogP contribution in [-0.2, 0) is 6.54 Å². The zero-order valence-corrected chi connectivity index (χ0v) is 12.6. The molecule has 0 aliphatic heterocycles. The summed E-state index contributed by atoms with van der Waals surface area (Å²) in [7, 11) is 1.40. The Labute approximate surface area is 124 Å². The number of benzene rings is 1. The fraction of sp³-hybridized carbons (Fsp3) is 0.533. The van der Waals surface area contributed by atoms with Crippen molar-refractivity contribution < 1.29 is 19.0 Å². The van der Waals surface area contributed by atoms with Gasteiger partial charge in [0.1, 0.15) is 0 Å². The van der Waals surface area contributed by atoms with Gasteiger partial charge in [0.2, 0.25) is 0 Å². The third-order valence-corrected chi connectivity index (χ3v) is 3.44. The van der Waals surface area contributed by atoms with Crippen LogP contribution in [0.3, 0.4) is 0 Å². The average molecular weight is 298 g/mol. The van der Waals surface area contributed by atoms with Gasteiger partial charge in [0.25, 0.3) is 0 Å². The van der Waals surface area contributed by atoms with Gasteiger partial charge >= 0.3 is 6.03 Å². The third-order valence-electron chi connectivity index (χ3n) is 3.44. The van der Waals surface area contributed by atoms with E-state index in [2.05, 4.69) is 10.6 Å². The zero-order chi connectivity index (χ0) is 15.8. The normalized spacial score (nSPS) is 13.4. The number of halogens is 1. The van der Waals surface area contributed by atoms with Crippen molar-refractivity contribution in [3.63, 3.8) is 0 Å². The number of rotatable bonds is 7. The van der Waals surface area contributed by atoms with E-state index < -0.39 is 18.0 Å². The Balaban J connectivity index is 2.38. The highest BCUT2D eigenvalue weighted by atomic mass is 19.1. The van der Waals surface area contributed by atoms with Crippen molar-refractivity contribution in [3.05, 3.63) is 29.6 Å². The molecule has 0 aliphatic carbocycles. The number of carbonyl (C=O) groups is 1. The summed E-state index contributed by atoms with van der Waals surface area (Å²) in [5, 5.41) is 14.9. The van der Waals surface area contributed by atoms with Crippen LogP contribution in [0.15, 0.2) is 18.2 Å². The fourth-order valence-corrected chi connectivity index (χ4v) is 1.74. The van der Waals surface area contributed by atoms with Gasteiger partial charge in [0, 0.05) is 13.1 Å². The van der Waals surface area contributed by atoms with Crippen LogP contribution in [-0.4, -0.2) is 30.9 Å². The number of hydrogen-bond acceptors (Lipinski definition) is 3. The SMILES string of the molecule is CCC(C)C(O)CNC(=O)NCc1ccc(OC)c(F)c1. The minimum Gasteiger partial charge on any atom is -0.494 e. The van der Waals surface area contributed by atoms with E-state index in [9.17, 15) is 14.3 Å². The van der Waals surface area contributed by atoms with Crippen LogP contribution < -0.4 is 15.4 Å². The number of aliphatic hydroxyl groups excluding tert-OH is 1. The first-order valence-electron chi connectivity index (χ1n) is 7.00. The summed E-state index contributed by atoms with van der Waals surface area (Å²) in [5.41, 5.74) is 0.630. The Morgan fingerprint density at radius 3 is 2.71 bits per heavy atom. The van der Waals surface area contributed by atoms with Crippen LogP contribution in [0.5, 0.6) is 5.75 Å². The van der Waals surface area contributed by atoms with Crippen LogP contribution in [0.4, 0.5) is 9.18 Å². The largest absolute Gasteiger partial charge is 0.494 e. The molecule has 1 aromatic carbocycles. The second-order valence-electron chi connectivity index (χ2n) is 4.99. The van der Waals surface area contributed by atoms with Crippen LogP contribution in [0.1, 0.15) is 25.8 Å². The van der Waals surface area contributed by atoms with Gasteiger partial charge in [-0.25, -0.2) is 9.18 Å². The monoisotopic (exact) mass is 298 g/mol. The molecule has 1 rings (SSSR count). The summed E-state index contributed by atoms with van der Waals surface area (Å²) < 4.78 is 18.3. The summed E-state index contributed by atoms with van der Waals surface area (Å²) in [6.07, 6.45) is 0.273. The highest BCUT2D eigenvalue weighted by Crippen LogP contribution is 2.17. The second-order valence-corrected chi connectivity index (χ2v) is 4.99. The minimum atomic E-state index is -0.570. The summed E-state index contributed by atoms with van der Waals surface area (Å²) >= 11 is 0. The van der Waals surface area contributed by atoms with Gasteiger partial charge in [-0.3, -0.25) is 0 Å². The Bertz CT molecular complexity index is 468.